The van der Waals surface area contributed by atoms with E-state index in [1.165, 1.54) is 35.7 Å². The third kappa shape index (κ3) is 3.82. The number of hydrogen-bond acceptors (Lipinski definition) is 1. The molecule has 17 heavy (non-hydrogen) atoms. The highest BCUT2D eigenvalue weighted by Crippen LogP contribution is 2.26. The van der Waals surface area contributed by atoms with Crippen LogP contribution in [0.1, 0.15) is 51.1 Å². The molecule has 1 aromatic carbocycles. The molecule has 1 aliphatic carbocycles. The van der Waals surface area contributed by atoms with E-state index in [4.69, 9.17) is 0 Å². The van der Waals surface area contributed by atoms with E-state index in [2.05, 4.69) is 59.4 Å². The summed E-state index contributed by atoms with van der Waals surface area (Å²) in [7, 11) is 0. The van der Waals surface area contributed by atoms with Gasteiger partial charge in [-0.15, -0.1) is 0 Å². The Bertz CT molecular complexity index is 356. The Labute approximate surface area is 113 Å². The number of rotatable bonds is 3. The van der Waals surface area contributed by atoms with Crippen molar-refractivity contribution in [2.24, 2.45) is 5.92 Å². The van der Waals surface area contributed by atoms with Gasteiger partial charge in [-0.25, -0.2) is 0 Å². The van der Waals surface area contributed by atoms with Gasteiger partial charge in [0.2, 0.25) is 0 Å². The molecule has 0 spiro atoms. The molecule has 1 fully saturated rings. The summed E-state index contributed by atoms with van der Waals surface area (Å²) in [5, 5.41) is 3.76. The molecule has 0 heterocycles. The molecular formula is C15H22BrN. The van der Waals surface area contributed by atoms with Crippen molar-refractivity contribution >= 4 is 15.9 Å². The van der Waals surface area contributed by atoms with Crippen molar-refractivity contribution in [2.45, 2.75) is 51.6 Å². The lowest BCUT2D eigenvalue weighted by Crippen LogP contribution is -2.34. The van der Waals surface area contributed by atoms with Crippen molar-refractivity contribution in [1.29, 1.82) is 0 Å². The van der Waals surface area contributed by atoms with Gasteiger partial charge >= 0.3 is 0 Å². The normalized spacial score (nSPS) is 26.8. The summed E-state index contributed by atoms with van der Waals surface area (Å²) >= 11 is 3.54. The molecule has 1 atom stereocenters. The highest BCUT2D eigenvalue weighted by Gasteiger charge is 2.19. The van der Waals surface area contributed by atoms with Crippen molar-refractivity contribution in [2.75, 3.05) is 0 Å². The van der Waals surface area contributed by atoms with Gasteiger partial charge in [0.1, 0.15) is 0 Å². The Hall–Kier alpha value is -0.340. The zero-order valence-electron chi connectivity index (χ0n) is 10.7. The average molecular weight is 296 g/mol. The maximum Gasteiger partial charge on any atom is 0.0294 e. The molecule has 0 aliphatic heterocycles. The lowest BCUT2D eigenvalue weighted by atomic mass is 9.87. The Morgan fingerprint density at radius 3 is 2.59 bits per heavy atom. The maximum atomic E-state index is 3.76. The van der Waals surface area contributed by atoms with Crippen LogP contribution in [0.4, 0.5) is 0 Å². The lowest BCUT2D eigenvalue weighted by molar-refractivity contribution is 0.291. The Kier molecular flexibility index (Phi) is 4.63. The molecule has 0 bridgehead atoms. The van der Waals surface area contributed by atoms with Crippen LogP contribution in [0.2, 0.25) is 0 Å². The maximum absolute atomic E-state index is 3.76. The van der Waals surface area contributed by atoms with Gasteiger partial charge in [-0.2, -0.15) is 0 Å². The summed E-state index contributed by atoms with van der Waals surface area (Å²) in [6, 6.07) is 9.77. The minimum atomic E-state index is 0.450. The second-order valence-corrected chi connectivity index (χ2v) is 6.32. The van der Waals surface area contributed by atoms with E-state index in [1.54, 1.807) is 0 Å². The Balaban J connectivity index is 1.90. The average Bonchev–Trinajstić information content (AvgIpc) is 2.32. The molecule has 1 nitrogen and oxygen atoms in total. The molecule has 0 radical (unpaired) electrons. The van der Waals surface area contributed by atoms with Crippen molar-refractivity contribution in [3.63, 3.8) is 0 Å². The summed E-state index contributed by atoms with van der Waals surface area (Å²) in [5.41, 5.74) is 1.37. The first-order valence-corrected chi connectivity index (χ1v) is 7.46. The standard InChI is InChI=1S/C15H22BrN/c1-11-6-8-15(9-7-11)17-12(2)13-4-3-5-14(16)10-13/h3-5,10-12,15,17H,6-9H2,1-2H3/t11?,12-,15?/m0/s1. The van der Waals surface area contributed by atoms with Gasteiger partial charge in [0.15, 0.2) is 0 Å². The van der Waals surface area contributed by atoms with Crippen molar-refractivity contribution < 1.29 is 0 Å². The highest BCUT2D eigenvalue weighted by atomic mass is 79.9. The summed E-state index contributed by atoms with van der Waals surface area (Å²) in [5.74, 6) is 0.925. The lowest BCUT2D eigenvalue weighted by Gasteiger charge is -2.29. The quantitative estimate of drug-likeness (QED) is 0.854. The third-order valence-electron chi connectivity index (χ3n) is 3.85. The molecule has 1 aliphatic rings. The summed E-state index contributed by atoms with van der Waals surface area (Å²) < 4.78 is 1.17. The second kappa shape index (κ2) is 6.01. The zero-order chi connectivity index (χ0) is 12.3. The minimum Gasteiger partial charge on any atom is -0.307 e. The van der Waals surface area contributed by atoms with E-state index in [9.17, 15) is 0 Å². The molecule has 2 heteroatoms. The SMILES string of the molecule is CC1CCC(N[C@@H](C)c2cccc(Br)c2)CC1. The predicted molar refractivity (Wildman–Crippen MR) is 77.1 cm³/mol. The van der Waals surface area contributed by atoms with Crippen LogP contribution in [-0.4, -0.2) is 6.04 Å². The van der Waals surface area contributed by atoms with E-state index in [0.29, 0.717) is 12.1 Å². The highest BCUT2D eigenvalue weighted by molar-refractivity contribution is 9.10. The van der Waals surface area contributed by atoms with Crippen LogP contribution in [-0.2, 0) is 0 Å². The van der Waals surface area contributed by atoms with Gasteiger partial charge < -0.3 is 5.32 Å². The second-order valence-electron chi connectivity index (χ2n) is 5.40. The summed E-state index contributed by atoms with van der Waals surface area (Å²) in [6.07, 6.45) is 5.42. The molecule has 1 aromatic rings. The number of benzene rings is 1. The van der Waals surface area contributed by atoms with E-state index >= 15 is 0 Å². The van der Waals surface area contributed by atoms with E-state index in [-0.39, 0.29) is 0 Å². The number of halogens is 1. The number of hydrogen-bond donors (Lipinski definition) is 1. The minimum absolute atomic E-state index is 0.450. The first-order valence-electron chi connectivity index (χ1n) is 6.66. The molecule has 0 aromatic heterocycles. The van der Waals surface area contributed by atoms with Gasteiger partial charge in [-0.05, 0) is 56.2 Å². The van der Waals surface area contributed by atoms with Crippen molar-refractivity contribution in [3.05, 3.63) is 34.3 Å². The monoisotopic (exact) mass is 295 g/mol. The largest absolute Gasteiger partial charge is 0.307 e. The van der Waals surface area contributed by atoms with E-state index < -0.39 is 0 Å². The molecule has 0 amide bonds. The molecule has 0 unspecified atom stereocenters. The van der Waals surface area contributed by atoms with Crippen LogP contribution >= 0.6 is 15.9 Å². The topological polar surface area (TPSA) is 12.0 Å². The van der Waals surface area contributed by atoms with Crippen LogP contribution < -0.4 is 5.32 Å². The van der Waals surface area contributed by atoms with E-state index in [1.807, 2.05) is 0 Å². The fraction of sp³-hybridized carbons (Fsp3) is 0.600. The Morgan fingerprint density at radius 1 is 1.24 bits per heavy atom. The fourth-order valence-corrected chi connectivity index (χ4v) is 3.07. The molecular weight excluding hydrogens is 274 g/mol. The fourth-order valence-electron chi connectivity index (χ4n) is 2.65. The molecule has 1 N–H and O–H groups in total. The van der Waals surface area contributed by atoms with Gasteiger partial charge in [-0.3, -0.25) is 0 Å². The first kappa shape index (κ1) is 13.1. The van der Waals surface area contributed by atoms with Crippen LogP contribution in [0.3, 0.4) is 0 Å². The third-order valence-corrected chi connectivity index (χ3v) is 4.34. The molecule has 0 saturated heterocycles. The van der Waals surface area contributed by atoms with Crippen molar-refractivity contribution in [3.8, 4) is 0 Å². The van der Waals surface area contributed by atoms with Crippen molar-refractivity contribution in [1.82, 2.24) is 5.32 Å². The number of nitrogens with one attached hydrogen (secondary N) is 1. The van der Waals surface area contributed by atoms with Gasteiger partial charge in [0, 0.05) is 16.6 Å². The smallest absolute Gasteiger partial charge is 0.0294 e. The molecule has 2 rings (SSSR count). The molecule has 94 valence electrons. The van der Waals surface area contributed by atoms with Crippen LogP contribution in [0.25, 0.3) is 0 Å². The summed E-state index contributed by atoms with van der Waals surface area (Å²) in [4.78, 5) is 0. The van der Waals surface area contributed by atoms with Gasteiger partial charge in [0.25, 0.3) is 0 Å². The predicted octanol–water partition coefficient (Wildman–Crippen LogP) is 4.68. The van der Waals surface area contributed by atoms with Gasteiger partial charge in [-0.1, -0.05) is 35.0 Å². The van der Waals surface area contributed by atoms with Gasteiger partial charge in [0.05, 0.1) is 0 Å². The summed E-state index contributed by atoms with van der Waals surface area (Å²) in [6.45, 7) is 4.63. The van der Waals surface area contributed by atoms with Crippen LogP contribution in [0, 0.1) is 5.92 Å². The van der Waals surface area contributed by atoms with Crippen LogP contribution in [0.15, 0.2) is 28.7 Å². The Morgan fingerprint density at radius 2 is 1.94 bits per heavy atom. The first-order chi connectivity index (χ1) is 8.15. The molecule has 1 saturated carbocycles. The van der Waals surface area contributed by atoms with Crippen LogP contribution in [0.5, 0.6) is 0 Å². The van der Waals surface area contributed by atoms with E-state index in [0.717, 1.165) is 5.92 Å². The zero-order valence-corrected chi connectivity index (χ0v) is 12.3.